The van der Waals surface area contributed by atoms with Crippen molar-refractivity contribution in [3.05, 3.63) is 35.9 Å². The van der Waals surface area contributed by atoms with E-state index < -0.39 is 0 Å². The summed E-state index contributed by atoms with van der Waals surface area (Å²) in [5, 5.41) is 0. The van der Waals surface area contributed by atoms with E-state index >= 15 is 0 Å². The van der Waals surface area contributed by atoms with E-state index in [2.05, 4.69) is 24.3 Å². The Morgan fingerprint density at radius 3 is 2.50 bits per heavy atom. The molecule has 0 bridgehead atoms. The van der Waals surface area contributed by atoms with E-state index in [1.807, 2.05) is 24.8 Å². The molecule has 5 heteroatoms. The normalized spacial score (nSPS) is 22.5. The van der Waals surface area contributed by atoms with Crippen LogP contribution in [0.25, 0.3) is 0 Å². The number of nitrogens with one attached hydrogen (secondary N) is 1. The van der Waals surface area contributed by atoms with Crippen LogP contribution in [0.4, 0.5) is 0 Å². The number of benzene rings is 1. The number of piperazine rings is 1. The van der Waals surface area contributed by atoms with Crippen molar-refractivity contribution in [3.8, 4) is 0 Å². The van der Waals surface area contributed by atoms with Crippen molar-refractivity contribution < 1.29 is 14.5 Å². The maximum Gasteiger partial charge on any atom is 0.245 e. The van der Waals surface area contributed by atoms with Gasteiger partial charge in [0.05, 0.1) is 26.2 Å². The molecule has 1 unspecified atom stereocenters. The summed E-state index contributed by atoms with van der Waals surface area (Å²) < 4.78 is 0. The number of quaternary nitrogens is 1. The van der Waals surface area contributed by atoms with Gasteiger partial charge in [-0.1, -0.05) is 30.3 Å². The molecule has 1 aromatic rings. The molecule has 130 valence electrons. The van der Waals surface area contributed by atoms with E-state index in [0.717, 1.165) is 32.7 Å². The monoisotopic (exact) mass is 330 g/mol. The van der Waals surface area contributed by atoms with Gasteiger partial charge in [-0.3, -0.25) is 9.59 Å². The van der Waals surface area contributed by atoms with Crippen molar-refractivity contribution >= 4 is 11.8 Å². The van der Waals surface area contributed by atoms with Crippen LogP contribution in [0.1, 0.15) is 32.3 Å². The molecule has 1 N–H and O–H groups in total. The highest BCUT2D eigenvalue weighted by molar-refractivity contribution is 5.91. The summed E-state index contributed by atoms with van der Waals surface area (Å²) in [5.41, 5.74) is 1.35. The minimum atomic E-state index is -0.242. The molecule has 0 radical (unpaired) electrons. The van der Waals surface area contributed by atoms with Crippen molar-refractivity contribution in [2.75, 3.05) is 26.2 Å². The second kappa shape index (κ2) is 7.34. The lowest BCUT2D eigenvalue weighted by Gasteiger charge is -2.36. The molecule has 0 aliphatic carbocycles. The molecule has 0 saturated carbocycles. The van der Waals surface area contributed by atoms with Crippen LogP contribution in [0.5, 0.6) is 0 Å². The molecular formula is C19H28N3O2+. The third-order valence-electron chi connectivity index (χ3n) is 5.18. The Bertz CT molecular complexity index is 580. The molecule has 2 aliphatic rings. The summed E-state index contributed by atoms with van der Waals surface area (Å²) >= 11 is 0. The van der Waals surface area contributed by atoms with Gasteiger partial charge in [-0.25, -0.2) is 0 Å². The number of likely N-dealkylation sites (tertiary alicyclic amines) is 1. The Morgan fingerprint density at radius 1 is 1.21 bits per heavy atom. The fraction of sp³-hybridized carbons (Fsp3) is 0.579. The van der Waals surface area contributed by atoms with E-state index in [9.17, 15) is 9.59 Å². The lowest BCUT2D eigenvalue weighted by Crippen LogP contribution is -3.13. The smallest absolute Gasteiger partial charge is 0.245 e. The molecule has 2 saturated heterocycles. The highest BCUT2D eigenvalue weighted by Crippen LogP contribution is 2.23. The predicted molar refractivity (Wildman–Crippen MR) is 92.4 cm³/mol. The van der Waals surface area contributed by atoms with Gasteiger partial charge >= 0.3 is 0 Å². The van der Waals surface area contributed by atoms with Gasteiger partial charge in [-0.15, -0.1) is 0 Å². The first-order valence-electron chi connectivity index (χ1n) is 9.03. The van der Waals surface area contributed by atoms with Gasteiger partial charge in [-0.05, 0) is 20.3 Å². The second-order valence-corrected chi connectivity index (χ2v) is 7.19. The van der Waals surface area contributed by atoms with Gasteiger partial charge in [0.15, 0.2) is 0 Å². The Labute approximate surface area is 144 Å². The molecule has 0 spiro atoms. The Balaban J connectivity index is 1.54. The maximum absolute atomic E-state index is 12.8. The van der Waals surface area contributed by atoms with Crippen LogP contribution in [0, 0.1) is 0 Å². The Hall–Kier alpha value is -1.88. The molecule has 5 nitrogen and oxygen atoms in total. The number of nitrogens with zero attached hydrogens (tertiary/aromatic N) is 2. The van der Waals surface area contributed by atoms with E-state index in [1.54, 1.807) is 4.90 Å². The molecule has 1 aromatic carbocycles. The maximum atomic E-state index is 12.8. The van der Waals surface area contributed by atoms with Crippen molar-refractivity contribution in [1.29, 1.82) is 0 Å². The highest BCUT2D eigenvalue weighted by atomic mass is 16.2. The average Bonchev–Trinajstić information content (AvgIpc) is 2.98. The number of carbonyl (C=O) groups is 2. The van der Waals surface area contributed by atoms with Gasteiger partial charge in [0.2, 0.25) is 11.8 Å². The van der Waals surface area contributed by atoms with E-state index in [0.29, 0.717) is 12.8 Å². The first kappa shape index (κ1) is 17.0. The zero-order chi connectivity index (χ0) is 17.1. The molecule has 2 heterocycles. The van der Waals surface area contributed by atoms with Crippen molar-refractivity contribution in [2.24, 2.45) is 0 Å². The standard InChI is InChI=1S/C19H27N3O2/c1-15(2)22-17(8-9-18(22)23)19(24)21-12-10-20(11-13-21)14-16-6-4-3-5-7-16/h3-7,15,17H,8-14H2,1-2H3/p+1. The van der Waals surface area contributed by atoms with Crippen LogP contribution in [0.2, 0.25) is 0 Å². The minimum Gasteiger partial charge on any atom is -0.330 e. The SMILES string of the molecule is CC(C)N1C(=O)CCC1C(=O)N1CC[NH+](Cc2ccccc2)CC1. The summed E-state index contributed by atoms with van der Waals surface area (Å²) in [6, 6.07) is 10.4. The molecule has 2 aliphatic heterocycles. The van der Waals surface area contributed by atoms with Crippen LogP contribution < -0.4 is 4.90 Å². The third-order valence-corrected chi connectivity index (χ3v) is 5.18. The number of carbonyl (C=O) groups excluding carboxylic acids is 2. The zero-order valence-electron chi connectivity index (χ0n) is 14.7. The number of rotatable bonds is 4. The molecule has 2 fully saturated rings. The second-order valence-electron chi connectivity index (χ2n) is 7.19. The zero-order valence-corrected chi connectivity index (χ0v) is 14.7. The van der Waals surface area contributed by atoms with Crippen LogP contribution >= 0.6 is 0 Å². The predicted octanol–water partition coefficient (Wildman–Crippen LogP) is 0.313. The first-order valence-corrected chi connectivity index (χ1v) is 9.03. The van der Waals surface area contributed by atoms with Gasteiger partial charge in [-0.2, -0.15) is 0 Å². The minimum absolute atomic E-state index is 0.0962. The fourth-order valence-corrected chi connectivity index (χ4v) is 3.91. The van der Waals surface area contributed by atoms with Gasteiger partial charge in [0, 0.05) is 18.0 Å². The molecule has 3 rings (SSSR count). The number of hydrogen-bond donors (Lipinski definition) is 1. The number of hydrogen-bond acceptors (Lipinski definition) is 2. The van der Waals surface area contributed by atoms with Crippen molar-refractivity contribution in [2.45, 2.75) is 45.3 Å². The lowest BCUT2D eigenvalue weighted by atomic mass is 10.1. The first-order chi connectivity index (χ1) is 11.6. The van der Waals surface area contributed by atoms with Crippen molar-refractivity contribution in [3.63, 3.8) is 0 Å². The average molecular weight is 330 g/mol. The lowest BCUT2D eigenvalue weighted by molar-refractivity contribution is -0.917. The summed E-state index contributed by atoms with van der Waals surface area (Å²) in [5.74, 6) is 0.269. The summed E-state index contributed by atoms with van der Waals surface area (Å²) in [6.45, 7) is 8.53. The van der Waals surface area contributed by atoms with E-state index in [4.69, 9.17) is 0 Å². The van der Waals surface area contributed by atoms with Crippen LogP contribution in [0.3, 0.4) is 0 Å². The van der Waals surface area contributed by atoms with Crippen LogP contribution in [0.15, 0.2) is 30.3 Å². The van der Waals surface area contributed by atoms with Crippen molar-refractivity contribution in [1.82, 2.24) is 9.80 Å². The highest BCUT2D eigenvalue weighted by Gasteiger charge is 2.40. The van der Waals surface area contributed by atoms with E-state index in [-0.39, 0.29) is 23.9 Å². The molecular weight excluding hydrogens is 302 g/mol. The molecule has 24 heavy (non-hydrogen) atoms. The van der Waals surface area contributed by atoms with Crippen LogP contribution in [-0.2, 0) is 16.1 Å². The van der Waals surface area contributed by atoms with Gasteiger partial charge < -0.3 is 14.7 Å². The number of amides is 2. The topological polar surface area (TPSA) is 45.1 Å². The fourth-order valence-electron chi connectivity index (χ4n) is 3.91. The molecule has 0 aromatic heterocycles. The molecule has 1 atom stereocenters. The third kappa shape index (κ3) is 3.61. The Kier molecular flexibility index (Phi) is 5.19. The summed E-state index contributed by atoms with van der Waals surface area (Å²) in [6.07, 6.45) is 1.18. The van der Waals surface area contributed by atoms with Crippen LogP contribution in [-0.4, -0.2) is 59.9 Å². The molecule has 2 amide bonds. The Morgan fingerprint density at radius 2 is 1.88 bits per heavy atom. The quantitative estimate of drug-likeness (QED) is 0.864. The van der Waals surface area contributed by atoms with Gasteiger partial charge in [0.1, 0.15) is 12.6 Å². The summed E-state index contributed by atoms with van der Waals surface area (Å²) in [4.78, 5) is 30.1. The summed E-state index contributed by atoms with van der Waals surface area (Å²) in [7, 11) is 0. The van der Waals surface area contributed by atoms with E-state index in [1.165, 1.54) is 10.5 Å². The largest absolute Gasteiger partial charge is 0.330 e. The van der Waals surface area contributed by atoms with Gasteiger partial charge in [0.25, 0.3) is 0 Å².